The van der Waals surface area contributed by atoms with E-state index in [4.69, 9.17) is 14.2 Å². The molecule has 35 heavy (non-hydrogen) atoms. The van der Waals surface area contributed by atoms with Crippen molar-refractivity contribution in [1.29, 1.82) is 0 Å². The first kappa shape index (κ1) is 22.7. The van der Waals surface area contributed by atoms with Gasteiger partial charge in [0.2, 0.25) is 0 Å². The number of carbonyl (C=O) groups is 3. The highest BCUT2D eigenvalue weighted by Crippen LogP contribution is 2.32. The molecule has 3 aromatic rings. The van der Waals surface area contributed by atoms with Crippen LogP contribution in [-0.2, 0) is 16.0 Å². The van der Waals surface area contributed by atoms with Crippen molar-refractivity contribution >= 4 is 17.7 Å². The molecule has 3 aromatic carbocycles. The summed E-state index contributed by atoms with van der Waals surface area (Å²) in [5.74, 6) is -0.394. The molecule has 1 aliphatic heterocycles. The molecule has 0 spiro atoms. The molecular weight excluding hydrogens is 446 g/mol. The van der Waals surface area contributed by atoms with Gasteiger partial charge < -0.3 is 19.5 Å². The molecule has 0 bridgehead atoms. The van der Waals surface area contributed by atoms with Crippen LogP contribution < -0.4 is 14.8 Å². The Labute approximate surface area is 203 Å². The third-order valence-corrected chi connectivity index (χ3v) is 6.23. The Bertz CT molecular complexity index is 1280. The fourth-order valence-electron chi connectivity index (χ4n) is 4.55. The van der Waals surface area contributed by atoms with Gasteiger partial charge in [0.15, 0.2) is 23.9 Å². The normalized spacial score (nSPS) is 16.1. The predicted molar refractivity (Wildman–Crippen MR) is 128 cm³/mol. The minimum absolute atomic E-state index is 0.100. The van der Waals surface area contributed by atoms with Gasteiger partial charge in [-0.05, 0) is 54.7 Å². The number of nitrogens with one attached hydrogen (secondary N) is 1. The number of ketones is 1. The van der Waals surface area contributed by atoms with Gasteiger partial charge in [-0.25, -0.2) is 4.79 Å². The molecule has 1 N–H and O–H groups in total. The first-order chi connectivity index (χ1) is 17.1. The van der Waals surface area contributed by atoms with E-state index in [9.17, 15) is 14.4 Å². The number of hydrogen-bond donors (Lipinski definition) is 1. The lowest BCUT2D eigenvalue weighted by Gasteiger charge is -2.26. The van der Waals surface area contributed by atoms with Crippen LogP contribution in [-0.4, -0.2) is 37.5 Å². The zero-order valence-electron chi connectivity index (χ0n) is 19.1. The maximum Gasteiger partial charge on any atom is 0.339 e. The van der Waals surface area contributed by atoms with Gasteiger partial charge in [-0.2, -0.15) is 0 Å². The van der Waals surface area contributed by atoms with Gasteiger partial charge in [0.05, 0.1) is 11.6 Å². The Morgan fingerprint density at radius 3 is 2.49 bits per heavy atom. The number of aryl methyl sites for hydroxylation is 1. The third-order valence-electron chi connectivity index (χ3n) is 6.23. The minimum atomic E-state index is -0.731. The second-order valence-electron chi connectivity index (χ2n) is 8.52. The maximum absolute atomic E-state index is 13.2. The maximum atomic E-state index is 13.2. The molecule has 2 aliphatic rings. The largest absolute Gasteiger partial charge is 0.486 e. The molecule has 1 aliphatic carbocycles. The first-order valence-corrected chi connectivity index (χ1v) is 11.7. The smallest absolute Gasteiger partial charge is 0.339 e. The number of benzene rings is 3. The highest BCUT2D eigenvalue weighted by Gasteiger charge is 2.24. The fourth-order valence-corrected chi connectivity index (χ4v) is 4.55. The first-order valence-electron chi connectivity index (χ1n) is 11.7. The average molecular weight is 472 g/mol. The van der Waals surface area contributed by atoms with Gasteiger partial charge in [0.1, 0.15) is 13.2 Å². The van der Waals surface area contributed by atoms with Crippen LogP contribution in [0.1, 0.15) is 56.3 Å². The van der Waals surface area contributed by atoms with Crippen LogP contribution >= 0.6 is 0 Å². The average Bonchev–Trinajstić information content (AvgIpc) is 2.91. The molecule has 1 atom stereocenters. The summed E-state index contributed by atoms with van der Waals surface area (Å²) < 4.78 is 16.4. The van der Waals surface area contributed by atoms with E-state index in [0.29, 0.717) is 30.3 Å². The van der Waals surface area contributed by atoms with E-state index in [-0.39, 0.29) is 28.9 Å². The number of ether oxygens (including phenoxy) is 3. The lowest BCUT2D eigenvalue weighted by atomic mass is 9.88. The zero-order valence-corrected chi connectivity index (χ0v) is 19.1. The standard InChI is InChI=1S/C28H25NO6/c30-26(29-23-11-5-7-18-6-1-2-8-20(18)23)17-35-28(32)22-10-4-3-9-21(22)27(31)19-12-13-24-25(16-19)34-15-14-33-24/h1-4,6,8-10,12-13,16,23H,5,7,11,14-15,17H2,(H,29,30). The number of rotatable bonds is 6. The van der Waals surface area contributed by atoms with Crippen LogP contribution in [0.2, 0.25) is 0 Å². The minimum Gasteiger partial charge on any atom is -0.486 e. The van der Waals surface area contributed by atoms with Crippen molar-refractivity contribution in [3.05, 3.63) is 94.5 Å². The highest BCUT2D eigenvalue weighted by molar-refractivity contribution is 6.14. The molecule has 1 heterocycles. The van der Waals surface area contributed by atoms with E-state index < -0.39 is 12.6 Å². The quantitative estimate of drug-likeness (QED) is 0.431. The van der Waals surface area contributed by atoms with Crippen molar-refractivity contribution in [2.45, 2.75) is 25.3 Å². The summed E-state index contributed by atoms with van der Waals surface area (Å²) in [5.41, 5.74) is 2.99. The van der Waals surface area contributed by atoms with Gasteiger partial charge in [0, 0.05) is 11.1 Å². The van der Waals surface area contributed by atoms with Crippen LogP contribution in [0.15, 0.2) is 66.7 Å². The van der Waals surface area contributed by atoms with Crippen molar-refractivity contribution in [3.63, 3.8) is 0 Å². The second kappa shape index (κ2) is 10.0. The molecule has 7 nitrogen and oxygen atoms in total. The summed E-state index contributed by atoms with van der Waals surface area (Å²) in [5, 5.41) is 2.97. The lowest BCUT2D eigenvalue weighted by Crippen LogP contribution is -2.34. The Balaban J connectivity index is 1.26. The molecule has 5 rings (SSSR count). The predicted octanol–water partition coefficient (Wildman–Crippen LogP) is 4.04. The number of carbonyl (C=O) groups excluding carboxylic acids is 3. The lowest BCUT2D eigenvalue weighted by molar-refractivity contribution is -0.125. The Morgan fingerprint density at radius 1 is 0.886 bits per heavy atom. The third kappa shape index (κ3) is 4.89. The van der Waals surface area contributed by atoms with Gasteiger partial charge in [-0.3, -0.25) is 9.59 Å². The Hall–Kier alpha value is -4.13. The van der Waals surface area contributed by atoms with Gasteiger partial charge in [-0.1, -0.05) is 42.5 Å². The van der Waals surface area contributed by atoms with Crippen molar-refractivity contribution in [2.24, 2.45) is 0 Å². The molecule has 1 unspecified atom stereocenters. The Morgan fingerprint density at radius 2 is 1.63 bits per heavy atom. The molecule has 0 aromatic heterocycles. The van der Waals surface area contributed by atoms with E-state index in [0.717, 1.165) is 24.8 Å². The highest BCUT2D eigenvalue weighted by atomic mass is 16.6. The molecule has 1 amide bonds. The van der Waals surface area contributed by atoms with Crippen molar-refractivity contribution in [3.8, 4) is 11.5 Å². The molecule has 0 saturated heterocycles. The van der Waals surface area contributed by atoms with E-state index >= 15 is 0 Å². The van der Waals surface area contributed by atoms with Crippen molar-refractivity contribution in [1.82, 2.24) is 5.32 Å². The van der Waals surface area contributed by atoms with Crippen molar-refractivity contribution < 1.29 is 28.6 Å². The van der Waals surface area contributed by atoms with E-state index in [2.05, 4.69) is 11.4 Å². The number of hydrogen-bond acceptors (Lipinski definition) is 6. The van der Waals surface area contributed by atoms with Gasteiger partial charge >= 0.3 is 5.97 Å². The zero-order chi connectivity index (χ0) is 24.2. The van der Waals surface area contributed by atoms with Crippen molar-refractivity contribution in [2.75, 3.05) is 19.8 Å². The topological polar surface area (TPSA) is 90.9 Å². The van der Waals surface area contributed by atoms with E-state index in [1.807, 2.05) is 18.2 Å². The summed E-state index contributed by atoms with van der Waals surface area (Å²) in [7, 11) is 0. The van der Waals surface area contributed by atoms with Gasteiger partial charge in [-0.15, -0.1) is 0 Å². The van der Waals surface area contributed by atoms with E-state index in [1.54, 1.807) is 36.4 Å². The molecule has 7 heteroatoms. The van der Waals surface area contributed by atoms with Crippen LogP contribution in [0.25, 0.3) is 0 Å². The SMILES string of the molecule is O=C(COC(=O)c1ccccc1C(=O)c1ccc2c(c1)OCCO2)NC1CCCc2ccccc21. The summed E-state index contributed by atoms with van der Waals surface area (Å²) in [6.07, 6.45) is 2.81. The number of esters is 1. The summed E-state index contributed by atoms with van der Waals surface area (Å²) >= 11 is 0. The summed E-state index contributed by atoms with van der Waals surface area (Å²) in [6.45, 7) is 0.432. The fraction of sp³-hybridized carbons (Fsp3) is 0.250. The Kier molecular flexibility index (Phi) is 6.48. The van der Waals surface area contributed by atoms with Crippen LogP contribution in [0.4, 0.5) is 0 Å². The van der Waals surface area contributed by atoms with Crippen LogP contribution in [0.3, 0.4) is 0 Å². The number of amides is 1. The van der Waals surface area contributed by atoms with E-state index in [1.165, 1.54) is 11.6 Å². The summed E-state index contributed by atoms with van der Waals surface area (Å²) in [4.78, 5) is 38.6. The number of fused-ring (bicyclic) bond motifs is 2. The molecule has 0 fully saturated rings. The molecule has 178 valence electrons. The van der Waals surface area contributed by atoms with Crippen LogP contribution in [0, 0.1) is 0 Å². The second-order valence-corrected chi connectivity index (χ2v) is 8.52. The van der Waals surface area contributed by atoms with Gasteiger partial charge in [0.25, 0.3) is 5.91 Å². The van der Waals surface area contributed by atoms with Crippen LogP contribution in [0.5, 0.6) is 11.5 Å². The monoisotopic (exact) mass is 471 g/mol. The molecular formula is C28H25NO6. The molecule has 0 saturated carbocycles. The summed E-state index contributed by atoms with van der Waals surface area (Å²) in [6, 6.07) is 19.3. The molecule has 0 radical (unpaired) electrons.